The van der Waals surface area contributed by atoms with Crippen molar-refractivity contribution in [3.05, 3.63) is 132 Å². The maximum absolute atomic E-state index is 13.2. The highest BCUT2D eigenvalue weighted by Gasteiger charge is 2.14. The number of fused-ring (bicyclic) bond motifs is 2. The summed E-state index contributed by atoms with van der Waals surface area (Å²) < 4.78 is 5.21. The van der Waals surface area contributed by atoms with E-state index in [-0.39, 0.29) is 5.70 Å². The molecule has 0 spiro atoms. The van der Waals surface area contributed by atoms with Crippen molar-refractivity contribution in [3.8, 4) is 5.75 Å². The number of benzene rings is 5. The number of nitrogens with one attached hydrogen (secondary N) is 2. The van der Waals surface area contributed by atoms with E-state index in [1.807, 2.05) is 54.6 Å². The van der Waals surface area contributed by atoms with Gasteiger partial charge in [-0.15, -0.1) is 0 Å². The van der Waals surface area contributed by atoms with Crippen molar-refractivity contribution < 1.29 is 14.3 Å². The highest BCUT2D eigenvalue weighted by molar-refractivity contribution is 6.13. The molecule has 0 aliphatic carbocycles. The Morgan fingerprint density at radius 2 is 1.37 bits per heavy atom. The standard InChI is InChI=1S/C32H25N3O3/c1-38-26-17-15-22(16-18-26)19-30(34-31(36)23-9-3-2-4-10-23)32(37)35-33-21-29-27-13-7-5-11-24(27)20-25-12-6-8-14-28(25)29/h2-21H,1H3,(H,34,36)(H,35,37)/b30-19+,33-21+. The van der Waals surface area contributed by atoms with Gasteiger partial charge in [0, 0.05) is 11.1 Å². The molecule has 5 rings (SSSR count). The van der Waals surface area contributed by atoms with Gasteiger partial charge in [-0.1, -0.05) is 78.9 Å². The molecule has 0 atom stereocenters. The topological polar surface area (TPSA) is 79.8 Å². The molecule has 0 aliphatic heterocycles. The minimum Gasteiger partial charge on any atom is -0.497 e. The summed E-state index contributed by atoms with van der Waals surface area (Å²) in [6, 6.07) is 34.1. The molecular weight excluding hydrogens is 474 g/mol. The van der Waals surface area contributed by atoms with Crippen LogP contribution in [0.1, 0.15) is 21.5 Å². The molecule has 0 aromatic heterocycles. The minimum absolute atomic E-state index is 0.0592. The van der Waals surface area contributed by atoms with Gasteiger partial charge >= 0.3 is 0 Å². The van der Waals surface area contributed by atoms with Crippen LogP contribution in [-0.2, 0) is 4.79 Å². The molecule has 0 radical (unpaired) electrons. The lowest BCUT2D eigenvalue weighted by Crippen LogP contribution is -2.32. The third-order valence-corrected chi connectivity index (χ3v) is 6.13. The molecule has 0 heterocycles. The summed E-state index contributed by atoms with van der Waals surface area (Å²) in [7, 11) is 1.58. The SMILES string of the molecule is COc1ccc(/C=C(/NC(=O)c2ccccc2)C(=O)N/N=C/c2c3ccccc3cc3ccccc23)cc1. The van der Waals surface area contributed by atoms with E-state index in [2.05, 4.69) is 21.9 Å². The van der Waals surface area contributed by atoms with Crippen LogP contribution in [0.2, 0.25) is 0 Å². The average Bonchev–Trinajstić information content (AvgIpc) is 2.97. The number of amides is 2. The molecule has 38 heavy (non-hydrogen) atoms. The van der Waals surface area contributed by atoms with Gasteiger partial charge in [0.15, 0.2) is 0 Å². The Bertz CT molecular complexity index is 1620. The molecular formula is C32H25N3O3. The summed E-state index contributed by atoms with van der Waals surface area (Å²) in [6.45, 7) is 0. The fourth-order valence-corrected chi connectivity index (χ4v) is 4.21. The quantitative estimate of drug-likeness (QED) is 0.126. The number of carbonyl (C=O) groups is 2. The molecule has 0 unspecified atom stereocenters. The lowest BCUT2D eigenvalue weighted by Gasteiger charge is -2.10. The first kappa shape index (κ1) is 24.5. The number of rotatable bonds is 7. The largest absolute Gasteiger partial charge is 0.497 e. The van der Waals surface area contributed by atoms with Gasteiger partial charge < -0.3 is 10.1 Å². The van der Waals surface area contributed by atoms with Crippen LogP contribution in [0.15, 0.2) is 120 Å². The second-order valence-corrected chi connectivity index (χ2v) is 8.58. The van der Waals surface area contributed by atoms with Crippen molar-refractivity contribution >= 4 is 45.6 Å². The van der Waals surface area contributed by atoms with E-state index in [1.54, 1.807) is 67.9 Å². The van der Waals surface area contributed by atoms with Crippen molar-refractivity contribution in [2.45, 2.75) is 0 Å². The zero-order chi connectivity index (χ0) is 26.3. The molecule has 0 aliphatic rings. The van der Waals surface area contributed by atoms with E-state index in [0.29, 0.717) is 16.9 Å². The molecule has 6 heteroatoms. The Labute approximate surface area is 220 Å². The van der Waals surface area contributed by atoms with E-state index >= 15 is 0 Å². The van der Waals surface area contributed by atoms with Crippen LogP contribution in [0.3, 0.4) is 0 Å². The molecule has 5 aromatic carbocycles. The predicted octanol–water partition coefficient (Wildman–Crippen LogP) is 5.92. The van der Waals surface area contributed by atoms with E-state index in [4.69, 9.17) is 4.74 Å². The molecule has 2 N–H and O–H groups in total. The zero-order valence-electron chi connectivity index (χ0n) is 20.7. The van der Waals surface area contributed by atoms with Gasteiger partial charge in [0.05, 0.1) is 13.3 Å². The molecule has 6 nitrogen and oxygen atoms in total. The van der Waals surface area contributed by atoms with Crippen LogP contribution < -0.4 is 15.5 Å². The number of carbonyl (C=O) groups excluding carboxylic acids is 2. The van der Waals surface area contributed by atoms with Crippen LogP contribution in [0, 0.1) is 0 Å². The van der Waals surface area contributed by atoms with E-state index in [0.717, 1.165) is 27.1 Å². The first-order valence-corrected chi connectivity index (χ1v) is 12.1. The van der Waals surface area contributed by atoms with Gasteiger partial charge in [0.2, 0.25) is 0 Å². The van der Waals surface area contributed by atoms with Crippen molar-refractivity contribution in [1.82, 2.24) is 10.7 Å². The lowest BCUT2D eigenvalue weighted by molar-refractivity contribution is -0.117. The minimum atomic E-state index is -0.550. The van der Waals surface area contributed by atoms with Gasteiger partial charge in [-0.25, -0.2) is 5.43 Å². The number of hydrogen-bond donors (Lipinski definition) is 2. The molecule has 2 amide bonds. The maximum atomic E-state index is 13.2. The van der Waals surface area contributed by atoms with Crippen molar-refractivity contribution in [2.75, 3.05) is 7.11 Å². The second-order valence-electron chi connectivity index (χ2n) is 8.58. The lowest BCUT2D eigenvalue weighted by atomic mass is 9.97. The van der Waals surface area contributed by atoms with E-state index in [1.165, 1.54) is 0 Å². The molecule has 0 fully saturated rings. The monoisotopic (exact) mass is 499 g/mol. The highest BCUT2D eigenvalue weighted by atomic mass is 16.5. The van der Waals surface area contributed by atoms with Gasteiger partial charge in [-0.3, -0.25) is 9.59 Å². The van der Waals surface area contributed by atoms with E-state index < -0.39 is 11.8 Å². The Morgan fingerprint density at radius 1 is 0.763 bits per heavy atom. The summed E-state index contributed by atoms with van der Waals surface area (Å²) in [6.07, 6.45) is 3.24. The molecule has 0 bridgehead atoms. The fraction of sp³-hybridized carbons (Fsp3) is 0.0312. The number of ether oxygens (including phenoxy) is 1. The van der Waals surface area contributed by atoms with Crippen LogP contribution in [0.5, 0.6) is 5.75 Å². The van der Waals surface area contributed by atoms with Gasteiger partial charge in [0.1, 0.15) is 11.4 Å². The number of hydrogen-bond acceptors (Lipinski definition) is 4. The summed E-state index contributed by atoms with van der Waals surface area (Å²) in [4.78, 5) is 26.1. The number of hydrazone groups is 1. The first-order chi connectivity index (χ1) is 18.6. The predicted molar refractivity (Wildman–Crippen MR) is 152 cm³/mol. The number of nitrogens with zero attached hydrogens (tertiary/aromatic N) is 1. The van der Waals surface area contributed by atoms with Crippen LogP contribution in [0.4, 0.5) is 0 Å². The third-order valence-electron chi connectivity index (χ3n) is 6.13. The third kappa shape index (κ3) is 5.44. The van der Waals surface area contributed by atoms with Crippen LogP contribution in [0.25, 0.3) is 27.6 Å². The van der Waals surface area contributed by atoms with Gasteiger partial charge in [0.25, 0.3) is 11.8 Å². The Morgan fingerprint density at radius 3 is 2.00 bits per heavy atom. The normalized spacial score (nSPS) is 11.6. The molecule has 186 valence electrons. The summed E-state index contributed by atoms with van der Waals surface area (Å²) >= 11 is 0. The van der Waals surface area contributed by atoms with Crippen molar-refractivity contribution in [1.29, 1.82) is 0 Å². The Hall–Kier alpha value is -5.23. The maximum Gasteiger partial charge on any atom is 0.287 e. The van der Waals surface area contributed by atoms with E-state index in [9.17, 15) is 9.59 Å². The van der Waals surface area contributed by atoms with Gasteiger partial charge in [-0.05, 0) is 63.5 Å². The summed E-state index contributed by atoms with van der Waals surface area (Å²) in [5.41, 5.74) is 4.69. The first-order valence-electron chi connectivity index (χ1n) is 12.1. The summed E-state index contributed by atoms with van der Waals surface area (Å²) in [5.74, 6) is -0.260. The molecule has 5 aromatic rings. The zero-order valence-corrected chi connectivity index (χ0v) is 20.7. The Balaban J connectivity index is 1.45. The second kappa shape index (κ2) is 11.2. The van der Waals surface area contributed by atoms with Gasteiger partial charge in [-0.2, -0.15) is 5.10 Å². The highest BCUT2D eigenvalue weighted by Crippen LogP contribution is 2.27. The molecule has 0 saturated carbocycles. The van der Waals surface area contributed by atoms with Crippen LogP contribution in [-0.4, -0.2) is 25.1 Å². The average molecular weight is 500 g/mol. The van der Waals surface area contributed by atoms with Crippen molar-refractivity contribution in [2.24, 2.45) is 5.10 Å². The molecule has 0 saturated heterocycles. The number of methoxy groups -OCH3 is 1. The summed E-state index contributed by atoms with van der Waals surface area (Å²) in [5, 5.41) is 11.2. The fourth-order valence-electron chi connectivity index (χ4n) is 4.21. The Kier molecular flexibility index (Phi) is 7.23. The smallest absolute Gasteiger partial charge is 0.287 e. The van der Waals surface area contributed by atoms with Crippen molar-refractivity contribution in [3.63, 3.8) is 0 Å². The van der Waals surface area contributed by atoms with Crippen LogP contribution >= 0.6 is 0 Å².